The summed E-state index contributed by atoms with van der Waals surface area (Å²) >= 11 is 9.05. The number of amides is 1. The second-order valence-electron chi connectivity index (χ2n) is 4.33. The predicted molar refractivity (Wildman–Crippen MR) is 77.9 cm³/mol. The number of rotatable bonds is 3. The van der Waals surface area contributed by atoms with Crippen LogP contribution in [-0.2, 0) is 14.8 Å². The Morgan fingerprint density at radius 2 is 2.30 bits per heavy atom. The molecule has 1 N–H and O–H groups in total. The van der Waals surface area contributed by atoms with Gasteiger partial charge in [-0.25, -0.2) is 13.4 Å². The minimum absolute atomic E-state index is 0.0932. The fourth-order valence-electron chi connectivity index (χ4n) is 2.17. The molecule has 0 saturated carbocycles. The maximum absolute atomic E-state index is 12.6. The molecule has 1 atom stereocenters. The quantitative estimate of drug-likeness (QED) is 0.801. The van der Waals surface area contributed by atoms with E-state index in [1.165, 1.54) is 23.6 Å². The fraction of sp³-hybridized carbons (Fsp3) is 0.455. The number of nitrogens with one attached hydrogen (secondary N) is 1. The second kappa shape index (κ2) is 5.97. The van der Waals surface area contributed by atoms with Crippen molar-refractivity contribution in [3.05, 3.63) is 21.9 Å². The maximum Gasteiger partial charge on any atom is 0.246 e. The summed E-state index contributed by atoms with van der Waals surface area (Å²) in [5, 5.41) is 2.38. The molecular formula is C11H13BrClN3O3S. The zero-order valence-corrected chi connectivity index (χ0v) is 13.8. The molecule has 110 valence electrons. The van der Waals surface area contributed by atoms with Crippen molar-refractivity contribution in [2.45, 2.75) is 23.8 Å². The number of sulfonamides is 1. The monoisotopic (exact) mass is 381 g/mol. The summed E-state index contributed by atoms with van der Waals surface area (Å²) in [6, 6.07) is 0.698. The number of carbonyl (C=O) groups excluding carboxylic acids is 1. The van der Waals surface area contributed by atoms with Crippen LogP contribution in [0.15, 0.2) is 21.6 Å². The highest BCUT2D eigenvalue weighted by molar-refractivity contribution is 9.10. The van der Waals surface area contributed by atoms with Crippen LogP contribution < -0.4 is 5.32 Å². The summed E-state index contributed by atoms with van der Waals surface area (Å²) in [5.41, 5.74) is 0. The van der Waals surface area contributed by atoms with Crippen molar-refractivity contribution >= 4 is 43.5 Å². The number of carbonyl (C=O) groups is 1. The lowest BCUT2D eigenvalue weighted by Crippen LogP contribution is -2.44. The summed E-state index contributed by atoms with van der Waals surface area (Å²) in [5.74, 6) is -0.315. The first kappa shape index (κ1) is 15.7. The minimum Gasteiger partial charge on any atom is -0.358 e. The van der Waals surface area contributed by atoms with Gasteiger partial charge in [-0.1, -0.05) is 11.6 Å². The Balaban J connectivity index is 2.44. The molecule has 0 aromatic carbocycles. The van der Waals surface area contributed by atoms with Gasteiger partial charge in [0, 0.05) is 24.3 Å². The lowest BCUT2D eigenvalue weighted by molar-refractivity contribution is -0.123. The predicted octanol–water partition coefficient (Wildman–Crippen LogP) is 1.40. The average Bonchev–Trinajstić information content (AvgIpc) is 2.90. The molecule has 0 spiro atoms. The highest BCUT2D eigenvalue weighted by Crippen LogP contribution is 2.30. The van der Waals surface area contributed by atoms with Crippen LogP contribution in [0.4, 0.5) is 0 Å². The first-order valence-electron chi connectivity index (χ1n) is 5.92. The average molecular weight is 383 g/mol. The number of hydrogen-bond acceptors (Lipinski definition) is 4. The topological polar surface area (TPSA) is 79.4 Å². The van der Waals surface area contributed by atoms with Crippen molar-refractivity contribution in [1.82, 2.24) is 14.6 Å². The van der Waals surface area contributed by atoms with Crippen LogP contribution >= 0.6 is 27.5 Å². The van der Waals surface area contributed by atoms with Crippen LogP contribution in [0, 0.1) is 0 Å². The third kappa shape index (κ3) is 2.83. The van der Waals surface area contributed by atoms with E-state index in [1.807, 2.05) is 0 Å². The Kier molecular flexibility index (Phi) is 4.68. The number of aromatic nitrogens is 1. The Hall–Kier alpha value is -0.700. The first-order chi connectivity index (χ1) is 9.37. The van der Waals surface area contributed by atoms with Crippen molar-refractivity contribution < 1.29 is 13.2 Å². The van der Waals surface area contributed by atoms with Gasteiger partial charge in [0.05, 0.1) is 0 Å². The van der Waals surface area contributed by atoms with Crippen molar-refractivity contribution in [2.75, 3.05) is 13.6 Å². The normalized spacial score (nSPS) is 20.1. The Morgan fingerprint density at radius 3 is 2.95 bits per heavy atom. The molecule has 0 radical (unpaired) electrons. The zero-order chi connectivity index (χ0) is 14.9. The Labute approximate surface area is 130 Å². The van der Waals surface area contributed by atoms with Gasteiger partial charge in [-0.15, -0.1) is 0 Å². The van der Waals surface area contributed by atoms with Crippen LogP contribution in [0.3, 0.4) is 0 Å². The summed E-state index contributed by atoms with van der Waals surface area (Å²) in [7, 11) is -2.36. The summed E-state index contributed by atoms with van der Waals surface area (Å²) in [6.07, 6.45) is 2.55. The zero-order valence-electron chi connectivity index (χ0n) is 10.6. The molecule has 2 heterocycles. The molecule has 1 fully saturated rings. The molecule has 1 aromatic rings. The van der Waals surface area contributed by atoms with E-state index in [0.29, 0.717) is 23.9 Å². The largest absolute Gasteiger partial charge is 0.358 e. The molecule has 0 aliphatic carbocycles. The summed E-state index contributed by atoms with van der Waals surface area (Å²) in [4.78, 5) is 15.5. The van der Waals surface area contributed by atoms with Crippen LogP contribution in [-0.4, -0.2) is 43.2 Å². The van der Waals surface area contributed by atoms with Crippen molar-refractivity contribution in [3.8, 4) is 0 Å². The molecule has 9 heteroatoms. The van der Waals surface area contributed by atoms with E-state index in [-0.39, 0.29) is 16.0 Å². The number of likely N-dealkylation sites (N-methyl/N-ethyl adjacent to an activating group) is 1. The minimum atomic E-state index is -3.85. The maximum atomic E-state index is 12.6. The molecule has 1 aliphatic heterocycles. The van der Waals surface area contributed by atoms with E-state index in [4.69, 9.17) is 11.6 Å². The van der Waals surface area contributed by atoms with E-state index in [0.717, 1.165) is 0 Å². The van der Waals surface area contributed by atoms with E-state index >= 15 is 0 Å². The van der Waals surface area contributed by atoms with Crippen LogP contribution in [0.1, 0.15) is 12.8 Å². The second-order valence-corrected chi connectivity index (χ2v) is 7.46. The van der Waals surface area contributed by atoms with Crippen molar-refractivity contribution in [2.24, 2.45) is 0 Å². The van der Waals surface area contributed by atoms with Gasteiger partial charge in [-0.3, -0.25) is 4.79 Å². The van der Waals surface area contributed by atoms with Crippen molar-refractivity contribution in [3.63, 3.8) is 0 Å². The SMILES string of the molecule is CNC(=O)C1CCCN1S(=O)(=O)c1cc(Br)cnc1Cl. The number of halogens is 2. The third-order valence-corrected chi connectivity index (χ3v) is 5.88. The molecule has 1 aliphatic rings. The Bertz CT molecular complexity index is 638. The molecule has 6 nitrogen and oxygen atoms in total. The van der Waals surface area contributed by atoms with Crippen LogP contribution in [0.5, 0.6) is 0 Å². The van der Waals surface area contributed by atoms with Gasteiger partial charge in [0.2, 0.25) is 15.9 Å². The van der Waals surface area contributed by atoms with Gasteiger partial charge in [-0.05, 0) is 34.8 Å². The van der Waals surface area contributed by atoms with E-state index < -0.39 is 16.1 Å². The van der Waals surface area contributed by atoms with Gasteiger partial charge < -0.3 is 5.32 Å². The number of hydrogen-bond donors (Lipinski definition) is 1. The number of pyridine rings is 1. The molecule has 1 amide bonds. The van der Waals surface area contributed by atoms with Gasteiger partial charge >= 0.3 is 0 Å². The molecule has 20 heavy (non-hydrogen) atoms. The summed E-state index contributed by atoms with van der Waals surface area (Å²) < 4.78 is 27.0. The lowest BCUT2D eigenvalue weighted by atomic mass is 10.2. The van der Waals surface area contributed by atoms with Gasteiger partial charge in [0.25, 0.3) is 0 Å². The standard InChI is InChI=1S/C11H13BrClN3O3S/c1-14-11(17)8-3-2-4-16(8)20(18,19)9-5-7(12)6-15-10(9)13/h5-6,8H,2-4H2,1H3,(H,14,17). The van der Waals surface area contributed by atoms with Crippen LogP contribution in [0.25, 0.3) is 0 Å². The summed E-state index contributed by atoms with van der Waals surface area (Å²) in [6.45, 7) is 0.295. The molecular weight excluding hydrogens is 370 g/mol. The van der Waals surface area contributed by atoms with E-state index in [2.05, 4.69) is 26.2 Å². The molecule has 0 bridgehead atoms. The third-order valence-electron chi connectivity index (χ3n) is 3.11. The van der Waals surface area contributed by atoms with E-state index in [9.17, 15) is 13.2 Å². The van der Waals surface area contributed by atoms with Gasteiger partial charge in [-0.2, -0.15) is 4.31 Å². The highest BCUT2D eigenvalue weighted by Gasteiger charge is 2.40. The van der Waals surface area contributed by atoms with Crippen molar-refractivity contribution in [1.29, 1.82) is 0 Å². The lowest BCUT2D eigenvalue weighted by Gasteiger charge is -2.23. The highest BCUT2D eigenvalue weighted by atomic mass is 79.9. The van der Waals surface area contributed by atoms with Crippen LogP contribution in [0.2, 0.25) is 5.15 Å². The van der Waals surface area contributed by atoms with Gasteiger partial charge in [0.15, 0.2) is 0 Å². The molecule has 2 rings (SSSR count). The smallest absolute Gasteiger partial charge is 0.246 e. The fourth-order valence-corrected chi connectivity index (χ4v) is 4.75. The van der Waals surface area contributed by atoms with Gasteiger partial charge in [0.1, 0.15) is 16.1 Å². The molecule has 1 aromatic heterocycles. The number of nitrogens with zero attached hydrogens (tertiary/aromatic N) is 2. The van der Waals surface area contributed by atoms with E-state index in [1.54, 1.807) is 0 Å². The molecule has 1 saturated heterocycles. The first-order valence-corrected chi connectivity index (χ1v) is 8.53. The molecule has 1 unspecified atom stereocenters. The Morgan fingerprint density at radius 1 is 1.60 bits per heavy atom.